The maximum Gasteiger partial charge on any atom is 0.257 e. The highest BCUT2D eigenvalue weighted by Crippen LogP contribution is 2.21. The van der Waals surface area contributed by atoms with Crippen molar-refractivity contribution in [3.8, 4) is 5.75 Å². The smallest absolute Gasteiger partial charge is 0.257 e. The molecule has 116 valence electrons. The van der Waals surface area contributed by atoms with Crippen molar-refractivity contribution < 1.29 is 13.9 Å². The molecule has 2 aromatic carbocycles. The summed E-state index contributed by atoms with van der Waals surface area (Å²) in [4.78, 5) is 11.7. The number of carbonyl (C=O) groups excluding carboxylic acids is 1. The first-order valence-electron chi connectivity index (χ1n) is 6.94. The summed E-state index contributed by atoms with van der Waals surface area (Å²) in [5.41, 5.74) is 2.03. The number of benzene rings is 2. The second kappa shape index (κ2) is 7.94. The standard InChI is InChI=1S/C17H17BrFNO2/c1-12-10-15(6-7-16(12)18)22-11-17(21)20-9-8-13-2-4-14(19)5-3-13/h2-7,10H,8-9,11H2,1H3,(H,20,21). The Morgan fingerprint density at radius 1 is 1.23 bits per heavy atom. The van der Waals surface area contributed by atoms with E-state index in [2.05, 4.69) is 21.2 Å². The van der Waals surface area contributed by atoms with E-state index in [9.17, 15) is 9.18 Å². The molecule has 0 aliphatic heterocycles. The van der Waals surface area contributed by atoms with Crippen molar-refractivity contribution in [3.05, 3.63) is 63.9 Å². The second-order valence-corrected chi connectivity index (χ2v) is 5.78. The fourth-order valence-corrected chi connectivity index (χ4v) is 2.15. The SMILES string of the molecule is Cc1cc(OCC(=O)NCCc2ccc(F)cc2)ccc1Br. The molecular weight excluding hydrogens is 349 g/mol. The molecule has 0 spiro atoms. The monoisotopic (exact) mass is 365 g/mol. The summed E-state index contributed by atoms with van der Waals surface area (Å²) in [6.45, 7) is 2.43. The van der Waals surface area contributed by atoms with E-state index in [1.54, 1.807) is 12.1 Å². The second-order valence-electron chi connectivity index (χ2n) is 4.93. The molecule has 0 radical (unpaired) electrons. The van der Waals surface area contributed by atoms with Crippen LogP contribution in [-0.2, 0) is 11.2 Å². The van der Waals surface area contributed by atoms with Crippen molar-refractivity contribution in [1.82, 2.24) is 5.32 Å². The van der Waals surface area contributed by atoms with Crippen LogP contribution in [0.2, 0.25) is 0 Å². The summed E-state index contributed by atoms with van der Waals surface area (Å²) in [6.07, 6.45) is 0.656. The topological polar surface area (TPSA) is 38.3 Å². The van der Waals surface area contributed by atoms with Gasteiger partial charge in [-0.1, -0.05) is 28.1 Å². The maximum atomic E-state index is 12.8. The number of carbonyl (C=O) groups is 1. The number of ether oxygens (including phenoxy) is 1. The van der Waals surface area contributed by atoms with Crippen LogP contribution in [0.25, 0.3) is 0 Å². The molecular formula is C17H17BrFNO2. The Kier molecular flexibility index (Phi) is 5.95. The van der Waals surface area contributed by atoms with Gasteiger partial charge in [0.15, 0.2) is 6.61 Å². The van der Waals surface area contributed by atoms with Crippen molar-refractivity contribution in [2.24, 2.45) is 0 Å². The zero-order chi connectivity index (χ0) is 15.9. The summed E-state index contributed by atoms with van der Waals surface area (Å²) in [7, 11) is 0. The van der Waals surface area contributed by atoms with E-state index in [0.717, 1.165) is 15.6 Å². The highest BCUT2D eigenvalue weighted by molar-refractivity contribution is 9.10. The van der Waals surface area contributed by atoms with Crippen LogP contribution in [0.3, 0.4) is 0 Å². The van der Waals surface area contributed by atoms with E-state index >= 15 is 0 Å². The lowest BCUT2D eigenvalue weighted by Gasteiger charge is -2.09. The third-order valence-electron chi connectivity index (χ3n) is 3.15. The van der Waals surface area contributed by atoms with Crippen LogP contribution in [0.5, 0.6) is 5.75 Å². The molecule has 0 fully saturated rings. The summed E-state index contributed by atoms with van der Waals surface area (Å²) >= 11 is 3.41. The molecule has 0 heterocycles. The molecule has 3 nitrogen and oxygen atoms in total. The van der Waals surface area contributed by atoms with Gasteiger partial charge < -0.3 is 10.1 Å². The third-order valence-corrected chi connectivity index (χ3v) is 4.04. The van der Waals surface area contributed by atoms with Gasteiger partial charge in [-0.2, -0.15) is 0 Å². The molecule has 5 heteroatoms. The quantitative estimate of drug-likeness (QED) is 0.848. The van der Waals surface area contributed by atoms with E-state index < -0.39 is 0 Å². The molecule has 0 aromatic heterocycles. The number of hydrogen-bond donors (Lipinski definition) is 1. The van der Waals surface area contributed by atoms with Crippen LogP contribution in [0.1, 0.15) is 11.1 Å². The van der Waals surface area contributed by atoms with Gasteiger partial charge in [-0.3, -0.25) is 4.79 Å². The van der Waals surface area contributed by atoms with Gasteiger partial charge in [-0.25, -0.2) is 4.39 Å². The average molecular weight is 366 g/mol. The van der Waals surface area contributed by atoms with Gasteiger partial charge in [-0.05, 0) is 54.8 Å². The number of amides is 1. The van der Waals surface area contributed by atoms with Crippen LogP contribution < -0.4 is 10.1 Å². The fourth-order valence-electron chi connectivity index (χ4n) is 1.90. The Bertz CT molecular complexity index is 644. The number of nitrogens with one attached hydrogen (secondary N) is 1. The van der Waals surface area contributed by atoms with E-state index in [-0.39, 0.29) is 18.3 Å². The first-order valence-corrected chi connectivity index (χ1v) is 7.74. The van der Waals surface area contributed by atoms with Crippen molar-refractivity contribution in [1.29, 1.82) is 0 Å². The first-order chi connectivity index (χ1) is 10.5. The van der Waals surface area contributed by atoms with Crippen LogP contribution in [0, 0.1) is 12.7 Å². The largest absolute Gasteiger partial charge is 0.484 e. The van der Waals surface area contributed by atoms with E-state index in [0.29, 0.717) is 18.7 Å². The lowest BCUT2D eigenvalue weighted by molar-refractivity contribution is -0.123. The van der Waals surface area contributed by atoms with Crippen LogP contribution in [0.15, 0.2) is 46.9 Å². The molecule has 0 atom stereocenters. The average Bonchev–Trinajstić information content (AvgIpc) is 2.50. The maximum absolute atomic E-state index is 12.8. The molecule has 1 amide bonds. The van der Waals surface area contributed by atoms with Gasteiger partial charge in [0.2, 0.25) is 0 Å². The van der Waals surface area contributed by atoms with Crippen LogP contribution in [-0.4, -0.2) is 19.1 Å². The third kappa shape index (κ3) is 5.15. The van der Waals surface area contributed by atoms with Gasteiger partial charge in [0, 0.05) is 11.0 Å². The highest BCUT2D eigenvalue weighted by atomic mass is 79.9. The lowest BCUT2D eigenvalue weighted by Crippen LogP contribution is -2.30. The molecule has 0 aliphatic carbocycles. The molecule has 22 heavy (non-hydrogen) atoms. The molecule has 0 bridgehead atoms. The van der Waals surface area contributed by atoms with Gasteiger partial charge >= 0.3 is 0 Å². The summed E-state index contributed by atoms with van der Waals surface area (Å²) in [5.74, 6) is 0.225. The molecule has 1 N–H and O–H groups in total. The summed E-state index contributed by atoms with van der Waals surface area (Å²) < 4.78 is 19.2. The van der Waals surface area contributed by atoms with Crippen LogP contribution in [0.4, 0.5) is 4.39 Å². The van der Waals surface area contributed by atoms with Gasteiger partial charge in [0.25, 0.3) is 5.91 Å². The number of hydrogen-bond acceptors (Lipinski definition) is 2. The Morgan fingerprint density at radius 2 is 1.95 bits per heavy atom. The van der Waals surface area contributed by atoms with Crippen molar-refractivity contribution in [2.75, 3.05) is 13.2 Å². The summed E-state index contributed by atoms with van der Waals surface area (Å²) in [6, 6.07) is 11.8. The van der Waals surface area contributed by atoms with E-state index in [1.165, 1.54) is 12.1 Å². The Balaban J connectivity index is 1.71. The normalized spacial score (nSPS) is 10.3. The predicted octanol–water partition coefficient (Wildman–Crippen LogP) is 3.63. The lowest BCUT2D eigenvalue weighted by atomic mass is 10.1. The van der Waals surface area contributed by atoms with Gasteiger partial charge in [-0.15, -0.1) is 0 Å². The summed E-state index contributed by atoms with van der Waals surface area (Å²) in [5, 5.41) is 2.78. The van der Waals surface area contributed by atoms with E-state index in [1.807, 2.05) is 25.1 Å². The highest BCUT2D eigenvalue weighted by Gasteiger charge is 2.04. The first kappa shape index (κ1) is 16.5. The zero-order valence-electron chi connectivity index (χ0n) is 12.2. The van der Waals surface area contributed by atoms with Crippen molar-refractivity contribution in [3.63, 3.8) is 0 Å². The minimum Gasteiger partial charge on any atom is -0.484 e. The van der Waals surface area contributed by atoms with Gasteiger partial charge in [0.05, 0.1) is 0 Å². The number of aryl methyl sites for hydroxylation is 1. The number of halogens is 2. The zero-order valence-corrected chi connectivity index (χ0v) is 13.8. The molecule has 0 saturated heterocycles. The Morgan fingerprint density at radius 3 is 2.64 bits per heavy atom. The Labute approximate surface area is 137 Å². The molecule has 0 aliphatic rings. The minimum absolute atomic E-state index is 0.0233. The molecule has 2 rings (SSSR count). The Hall–Kier alpha value is -1.88. The van der Waals surface area contributed by atoms with E-state index in [4.69, 9.17) is 4.74 Å². The van der Waals surface area contributed by atoms with Gasteiger partial charge in [0.1, 0.15) is 11.6 Å². The fraction of sp³-hybridized carbons (Fsp3) is 0.235. The minimum atomic E-state index is -0.258. The molecule has 2 aromatic rings. The number of rotatable bonds is 6. The molecule has 0 unspecified atom stereocenters. The molecule has 0 saturated carbocycles. The van der Waals surface area contributed by atoms with Crippen molar-refractivity contribution >= 4 is 21.8 Å². The van der Waals surface area contributed by atoms with Crippen LogP contribution >= 0.6 is 15.9 Å². The van der Waals surface area contributed by atoms with Crippen molar-refractivity contribution in [2.45, 2.75) is 13.3 Å². The predicted molar refractivity (Wildman–Crippen MR) is 87.5 cm³/mol.